The summed E-state index contributed by atoms with van der Waals surface area (Å²) in [5.74, 6) is 0.409. The van der Waals surface area contributed by atoms with Crippen molar-refractivity contribution in [3.8, 4) is 0 Å². The molecule has 1 aromatic heterocycles. The van der Waals surface area contributed by atoms with Crippen LogP contribution in [-0.2, 0) is 13.6 Å². The van der Waals surface area contributed by atoms with Crippen LogP contribution >= 0.6 is 15.9 Å². The highest BCUT2D eigenvalue weighted by molar-refractivity contribution is 9.10. The smallest absolute Gasteiger partial charge is 0.0739 e. The summed E-state index contributed by atoms with van der Waals surface area (Å²) in [6, 6.07) is 0. The Balaban J connectivity index is 1.84. The van der Waals surface area contributed by atoms with E-state index in [4.69, 9.17) is 0 Å². The molecule has 0 saturated heterocycles. The van der Waals surface area contributed by atoms with Gasteiger partial charge in [-0.1, -0.05) is 12.8 Å². The number of nitrogens with one attached hydrogen (secondary N) is 1. The van der Waals surface area contributed by atoms with Gasteiger partial charge in [0.2, 0.25) is 0 Å². The monoisotopic (exact) mass is 315 g/mol. The number of nitrogens with zero attached hydrogens (tertiary/aromatic N) is 2. The van der Waals surface area contributed by atoms with Gasteiger partial charge in [-0.15, -0.1) is 0 Å². The van der Waals surface area contributed by atoms with Crippen molar-refractivity contribution in [2.24, 2.45) is 13.0 Å². The van der Waals surface area contributed by atoms with Crippen molar-refractivity contribution in [2.45, 2.75) is 45.3 Å². The van der Waals surface area contributed by atoms with Crippen molar-refractivity contribution in [3.63, 3.8) is 0 Å². The lowest BCUT2D eigenvalue weighted by Gasteiger charge is -2.27. The van der Waals surface area contributed by atoms with Crippen LogP contribution in [0.3, 0.4) is 0 Å². The predicted molar refractivity (Wildman–Crippen MR) is 75.3 cm³/mol. The molecule has 0 amide bonds. The minimum atomic E-state index is -0.122. The fraction of sp³-hybridized carbons (Fsp3) is 0.769. The molecule has 1 aliphatic carbocycles. The molecule has 4 nitrogen and oxygen atoms in total. The molecule has 102 valence electrons. The summed E-state index contributed by atoms with van der Waals surface area (Å²) in [5.41, 5.74) is 2.19. The Hall–Kier alpha value is -0.390. The number of hydrogen-bond acceptors (Lipinski definition) is 3. The molecule has 2 unspecified atom stereocenters. The summed E-state index contributed by atoms with van der Waals surface area (Å²) in [6.45, 7) is 3.68. The van der Waals surface area contributed by atoms with Crippen LogP contribution in [0.2, 0.25) is 0 Å². The van der Waals surface area contributed by atoms with Crippen molar-refractivity contribution < 1.29 is 5.11 Å². The van der Waals surface area contributed by atoms with Crippen LogP contribution in [0.15, 0.2) is 4.47 Å². The van der Waals surface area contributed by atoms with Crippen molar-refractivity contribution in [1.82, 2.24) is 15.1 Å². The maximum absolute atomic E-state index is 9.91. The van der Waals surface area contributed by atoms with E-state index in [-0.39, 0.29) is 6.10 Å². The van der Waals surface area contributed by atoms with E-state index in [2.05, 4.69) is 26.3 Å². The third-order valence-corrected chi connectivity index (χ3v) is 4.86. The quantitative estimate of drug-likeness (QED) is 0.895. The predicted octanol–water partition coefficient (Wildman–Crippen LogP) is 2.13. The first kappa shape index (κ1) is 14.0. The average Bonchev–Trinajstić information content (AvgIpc) is 2.58. The van der Waals surface area contributed by atoms with Gasteiger partial charge in [0.15, 0.2) is 0 Å². The molecule has 2 rings (SSSR count). The maximum Gasteiger partial charge on any atom is 0.0739 e. The second kappa shape index (κ2) is 6.17. The zero-order valence-electron chi connectivity index (χ0n) is 11.1. The molecule has 1 heterocycles. The molecule has 0 aliphatic heterocycles. The molecule has 1 aliphatic rings. The van der Waals surface area contributed by atoms with Crippen molar-refractivity contribution >= 4 is 15.9 Å². The third kappa shape index (κ3) is 3.13. The van der Waals surface area contributed by atoms with Crippen LogP contribution in [-0.4, -0.2) is 27.5 Å². The molecule has 0 aromatic carbocycles. The molecule has 2 N–H and O–H groups in total. The maximum atomic E-state index is 9.91. The van der Waals surface area contributed by atoms with Crippen LogP contribution in [0.25, 0.3) is 0 Å². The van der Waals surface area contributed by atoms with Crippen LogP contribution in [0.4, 0.5) is 0 Å². The number of hydrogen-bond donors (Lipinski definition) is 2. The zero-order valence-corrected chi connectivity index (χ0v) is 12.7. The third-order valence-electron chi connectivity index (χ3n) is 3.83. The Morgan fingerprint density at radius 2 is 2.17 bits per heavy atom. The molecular formula is C13H22BrN3O. The molecule has 1 aromatic rings. The van der Waals surface area contributed by atoms with Crippen molar-refractivity contribution in [1.29, 1.82) is 0 Å². The largest absolute Gasteiger partial charge is 0.393 e. The van der Waals surface area contributed by atoms with Crippen molar-refractivity contribution in [3.05, 3.63) is 15.9 Å². The van der Waals surface area contributed by atoms with Gasteiger partial charge < -0.3 is 10.4 Å². The van der Waals surface area contributed by atoms with Gasteiger partial charge in [0.25, 0.3) is 0 Å². The molecule has 2 atom stereocenters. The second-order valence-electron chi connectivity index (χ2n) is 5.21. The lowest BCUT2D eigenvalue weighted by molar-refractivity contribution is 0.0694. The molecule has 5 heteroatoms. The summed E-state index contributed by atoms with van der Waals surface area (Å²) in [5, 5.41) is 17.7. The van der Waals surface area contributed by atoms with Gasteiger partial charge in [0.1, 0.15) is 0 Å². The average molecular weight is 316 g/mol. The van der Waals surface area contributed by atoms with E-state index in [0.29, 0.717) is 5.92 Å². The van der Waals surface area contributed by atoms with Gasteiger partial charge in [0, 0.05) is 20.1 Å². The summed E-state index contributed by atoms with van der Waals surface area (Å²) in [4.78, 5) is 0. The van der Waals surface area contributed by atoms with E-state index in [1.54, 1.807) is 0 Å². The fourth-order valence-corrected chi connectivity index (χ4v) is 3.15. The molecule has 0 bridgehead atoms. The van der Waals surface area contributed by atoms with E-state index in [0.717, 1.165) is 41.8 Å². The minimum absolute atomic E-state index is 0.122. The van der Waals surface area contributed by atoms with Crippen LogP contribution < -0.4 is 5.32 Å². The normalized spacial score (nSPS) is 24.4. The molecular weight excluding hydrogens is 294 g/mol. The molecule has 1 saturated carbocycles. The highest BCUT2D eigenvalue weighted by Gasteiger charge is 2.22. The number of aryl methyl sites for hydroxylation is 2. The van der Waals surface area contributed by atoms with E-state index in [9.17, 15) is 5.11 Å². The Labute approximate surface area is 117 Å². The first-order chi connectivity index (χ1) is 8.59. The molecule has 1 fully saturated rings. The highest BCUT2D eigenvalue weighted by atomic mass is 79.9. The number of aromatic nitrogens is 2. The molecule has 0 spiro atoms. The fourth-order valence-electron chi connectivity index (χ4n) is 2.67. The zero-order chi connectivity index (χ0) is 13.1. The Morgan fingerprint density at radius 1 is 1.44 bits per heavy atom. The van der Waals surface area contributed by atoms with E-state index >= 15 is 0 Å². The van der Waals surface area contributed by atoms with Gasteiger partial charge in [-0.2, -0.15) is 5.10 Å². The first-order valence-corrected chi connectivity index (χ1v) is 7.45. The van der Waals surface area contributed by atoms with E-state index in [1.165, 1.54) is 12.8 Å². The lowest BCUT2D eigenvalue weighted by Crippen LogP contribution is -2.33. The molecule has 18 heavy (non-hydrogen) atoms. The van der Waals surface area contributed by atoms with Gasteiger partial charge >= 0.3 is 0 Å². The number of aliphatic hydroxyl groups excluding tert-OH is 1. The number of rotatable bonds is 4. The summed E-state index contributed by atoms with van der Waals surface area (Å²) in [7, 11) is 1.96. The van der Waals surface area contributed by atoms with Gasteiger partial charge in [-0.05, 0) is 41.6 Å². The lowest BCUT2D eigenvalue weighted by atomic mass is 9.86. The van der Waals surface area contributed by atoms with Crippen LogP contribution in [0.1, 0.15) is 37.1 Å². The van der Waals surface area contributed by atoms with Gasteiger partial charge in [-0.25, -0.2) is 0 Å². The van der Waals surface area contributed by atoms with Gasteiger partial charge in [-0.3, -0.25) is 4.68 Å². The van der Waals surface area contributed by atoms with Crippen molar-refractivity contribution in [2.75, 3.05) is 6.54 Å². The van der Waals surface area contributed by atoms with Crippen LogP contribution in [0.5, 0.6) is 0 Å². The number of aliphatic hydroxyl groups is 1. The Morgan fingerprint density at radius 3 is 2.78 bits per heavy atom. The standard InChI is InChI=1S/C13H22BrN3O/c1-9-13(14)11(17(2)16-9)8-15-7-10-5-3-4-6-12(10)18/h10,12,15,18H,3-8H2,1-2H3. The Bertz CT molecular complexity index is 405. The minimum Gasteiger partial charge on any atom is -0.393 e. The summed E-state index contributed by atoms with van der Waals surface area (Å²) in [6.07, 6.45) is 4.39. The topological polar surface area (TPSA) is 50.1 Å². The van der Waals surface area contributed by atoms with E-state index in [1.807, 2.05) is 18.7 Å². The highest BCUT2D eigenvalue weighted by Crippen LogP contribution is 2.24. The Kier molecular flexibility index (Phi) is 4.81. The SMILES string of the molecule is Cc1nn(C)c(CNCC2CCCCC2O)c1Br. The van der Waals surface area contributed by atoms with Crippen LogP contribution in [0, 0.1) is 12.8 Å². The second-order valence-corrected chi connectivity index (χ2v) is 6.01. The van der Waals surface area contributed by atoms with E-state index < -0.39 is 0 Å². The first-order valence-electron chi connectivity index (χ1n) is 6.66. The van der Waals surface area contributed by atoms with Gasteiger partial charge in [0.05, 0.1) is 22.0 Å². The summed E-state index contributed by atoms with van der Waals surface area (Å²) >= 11 is 3.57. The molecule has 0 radical (unpaired) electrons. The number of halogens is 1. The summed E-state index contributed by atoms with van der Waals surface area (Å²) < 4.78 is 2.99.